The number of nitrogens with one attached hydrogen (secondary N) is 2. The van der Waals surface area contributed by atoms with Gasteiger partial charge in [-0.1, -0.05) is 31.5 Å². The summed E-state index contributed by atoms with van der Waals surface area (Å²) in [5, 5.41) is 6.84. The van der Waals surface area contributed by atoms with Crippen molar-refractivity contribution in [1.82, 2.24) is 10.3 Å². The molecule has 1 aliphatic rings. The van der Waals surface area contributed by atoms with E-state index in [1.165, 1.54) is 41.6 Å². The summed E-state index contributed by atoms with van der Waals surface area (Å²) in [5.41, 5.74) is 1.25. The van der Waals surface area contributed by atoms with Crippen molar-refractivity contribution >= 4 is 22.7 Å². The second kappa shape index (κ2) is 6.23. The Labute approximate surface area is 125 Å². The Balaban J connectivity index is 1.76. The zero-order valence-electron chi connectivity index (χ0n) is 12.4. The lowest BCUT2D eigenvalue weighted by Crippen LogP contribution is -2.40. The molecule has 0 radical (unpaired) electrons. The first-order valence-corrected chi connectivity index (χ1v) is 8.59. The maximum Gasteiger partial charge on any atom is 0.0735 e. The van der Waals surface area contributed by atoms with Crippen LogP contribution in [0.25, 0.3) is 10.9 Å². The first-order valence-electron chi connectivity index (χ1n) is 7.71. The zero-order valence-corrected chi connectivity index (χ0v) is 13.2. The maximum atomic E-state index is 3.56. The van der Waals surface area contributed by atoms with E-state index in [0.717, 1.165) is 5.92 Å². The molecular weight excluding hydrogens is 264 g/mol. The van der Waals surface area contributed by atoms with Gasteiger partial charge in [-0.15, -0.1) is 11.8 Å². The van der Waals surface area contributed by atoms with E-state index in [-0.39, 0.29) is 0 Å². The monoisotopic (exact) mass is 288 g/mol. The normalized spacial score (nSPS) is 27.0. The van der Waals surface area contributed by atoms with Gasteiger partial charge in [0, 0.05) is 22.2 Å². The van der Waals surface area contributed by atoms with E-state index in [1.54, 1.807) is 0 Å². The van der Waals surface area contributed by atoms with Crippen molar-refractivity contribution < 1.29 is 0 Å². The van der Waals surface area contributed by atoms with Crippen LogP contribution in [-0.2, 0) is 0 Å². The first kappa shape index (κ1) is 14.0. The van der Waals surface area contributed by atoms with Crippen molar-refractivity contribution in [3.05, 3.63) is 30.3 Å². The van der Waals surface area contributed by atoms with Crippen LogP contribution in [0.3, 0.4) is 0 Å². The van der Waals surface area contributed by atoms with Crippen LogP contribution in [0.5, 0.6) is 0 Å². The van der Waals surface area contributed by atoms with E-state index in [4.69, 9.17) is 0 Å². The van der Waals surface area contributed by atoms with Gasteiger partial charge < -0.3 is 10.3 Å². The second-order valence-electron chi connectivity index (χ2n) is 5.86. The Kier molecular flexibility index (Phi) is 4.37. The van der Waals surface area contributed by atoms with Crippen molar-refractivity contribution in [3.8, 4) is 0 Å². The molecular formula is C17H24N2S. The minimum atomic E-state index is 0.647. The SMILES string of the molecule is CCC1CCC(NC)C(Sc2cc3ccccc3[nH]2)C1. The molecule has 1 saturated carbocycles. The quantitative estimate of drug-likeness (QED) is 0.871. The van der Waals surface area contributed by atoms with Crippen molar-refractivity contribution in [3.63, 3.8) is 0 Å². The average Bonchev–Trinajstić information content (AvgIpc) is 2.89. The summed E-state index contributed by atoms with van der Waals surface area (Å²) >= 11 is 2.02. The molecule has 3 heteroatoms. The number of hydrogen-bond donors (Lipinski definition) is 2. The van der Waals surface area contributed by atoms with Gasteiger partial charge in [0.05, 0.1) is 5.03 Å². The molecule has 108 valence electrons. The van der Waals surface area contributed by atoms with Gasteiger partial charge in [-0.05, 0) is 44.4 Å². The van der Waals surface area contributed by atoms with Crippen LogP contribution >= 0.6 is 11.8 Å². The Morgan fingerprint density at radius 1 is 1.30 bits per heavy atom. The Morgan fingerprint density at radius 2 is 2.15 bits per heavy atom. The predicted octanol–water partition coefficient (Wildman–Crippen LogP) is 4.43. The van der Waals surface area contributed by atoms with Gasteiger partial charge >= 0.3 is 0 Å². The molecule has 3 rings (SSSR count). The number of H-pyrrole nitrogens is 1. The first-order chi connectivity index (χ1) is 9.80. The average molecular weight is 288 g/mol. The third-order valence-corrected chi connectivity index (χ3v) is 5.93. The van der Waals surface area contributed by atoms with E-state index in [2.05, 4.69) is 54.6 Å². The summed E-state index contributed by atoms with van der Waals surface area (Å²) in [6, 6.07) is 11.5. The third kappa shape index (κ3) is 2.89. The van der Waals surface area contributed by atoms with Crippen LogP contribution in [0.1, 0.15) is 32.6 Å². The fourth-order valence-corrected chi connectivity index (χ4v) is 4.81. The molecule has 0 bridgehead atoms. The van der Waals surface area contributed by atoms with Crippen LogP contribution in [0, 0.1) is 5.92 Å². The predicted molar refractivity (Wildman–Crippen MR) is 88.4 cm³/mol. The number of aromatic nitrogens is 1. The van der Waals surface area contributed by atoms with E-state index >= 15 is 0 Å². The Morgan fingerprint density at radius 3 is 2.90 bits per heavy atom. The molecule has 0 saturated heterocycles. The van der Waals surface area contributed by atoms with Gasteiger partial charge in [0.2, 0.25) is 0 Å². The molecule has 1 aromatic heterocycles. The molecule has 0 spiro atoms. The lowest BCUT2D eigenvalue weighted by molar-refractivity contribution is 0.304. The number of fused-ring (bicyclic) bond motifs is 1. The third-order valence-electron chi connectivity index (χ3n) is 4.63. The number of thioether (sulfide) groups is 1. The molecule has 2 nitrogen and oxygen atoms in total. The standard InChI is InChI=1S/C17H24N2S/c1-3-12-8-9-15(18-2)16(10-12)20-17-11-13-6-4-5-7-14(13)19-17/h4-7,11-12,15-16,18-19H,3,8-10H2,1-2H3. The Bertz CT molecular complexity index is 530. The van der Waals surface area contributed by atoms with Gasteiger partial charge in [-0.25, -0.2) is 0 Å². The van der Waals surface area contributed by atoms with E-state index in [1.807, 2.05) is 11.8 Å². The molecule has 20 heavy (non-hydrogen) atoms. The zero-order chi connectivity index (χ0) is 13.9. The summed E-state index contributed by atoms with van der Waals surface area (Å²) in [6.45, 7) is 2.33. The minimum absolute atomic E-state index is 0.647. The molecule has 1 fully saturated rings. The van der Waals surface area contributed by atoms with Crippen LogP contribution in [0.2, 0.25) is 0 Å². The van der Waals surface area contributed by atoms with Crippen LogP contribution < -0.4 is 5.32 Å². The lowest BCUT2D eigenvalue weighted by Gasteiger charge is -2.35. The molecule has 1 heterocycles. The lowest BCUT2D eigenvalue weighted by atomic mass is 9.84. The second-order valence-corrected chi connectivity index (χ2v) is 7.14. The largest absolute Gasteiger partial charge is 0.350 e. The fourth-order valence-electron chi connectivity index (χ4n) is 3.32. The van der Waals surface area contributed by atoms with E-state index in [0.29, 0.717) is 11.3 Å². The highest BCUT2D eigenvalue weighted by molar-refractivity contribution is 7.99. The minimum Gasteiger partial charge on any atom is -0.350 e. The highest BCUT2D eigenvalue weighted by Crippen LogP contribution is 2.38. The molecule has 2 N–H and O–H groups in total. The topological polar surface area (TPSA) is 27.8 Å². The molecule has 1 aromatic carbocycles. The number of benzene rings is 1. The maximum absolute atomic E-state index is 3.56. The molecule has 3 unspecified atom stereocenters. The molecule has 3 atom stereocenters. The van der Waals surface area contributed by atoms with Crippen molar-refractivity contribution in [2.75, 3.05) is 7.05 Å². The van der Waals surface area contributed by atoms with Crippen LogP contribution in [0.15, 0.2) is 35.4 Å². The summed E-state index contributed by atoms with van der Waals surface area (Å²) in [4.78, 5) is 3.56. The molecule has 0 aliphatic heterocycles. The summed E-state index contributed by atoms with van der Waals surface area (Å²) in [6.07, 6.45) is 5.35. The molecule has 1 aliphatic carbocycles. The number of rotatable bonds is 4. The van der Waals surface area contributed by atoms with Gasteiger partial charge in [0.25, 0.3) is 0 Å². The van der Waals surface area contributed by atoms with Crippen molar-refractivity contribution in [1.29, 1.82) is 0 Å². The van der Waals surface area contributed by atoms with Gasteiger partial charge in [0.1, 0.15) is 0 Å². The van der Waals surface area contributed by atoms with Crippen molar-refractivity contribution in [2.24, 2.45) is 5.92 Å². The van der Waals surface area contributed by atoms with Gasteiger partial charge in [-0.3, -0.25) is 0 Å². The Hall–Kier alpha value is -0.930. The smallest absolute Gasteiger partial charge is 0.0735 e. The number of aromatic amines is 1. The molecule has 2 aromatic rings. The fraction of sp³-hybridized carbons (Fsp3) is 0.529. The van der Waals surface area contributed by atoms with Crippen LogP contribution in [0.4, 0.5) is 0 Å². The van der Waals surface area contributed by atoms with Crippen molar-refractivity contribution in [2.45, 2.75) is 48.9 Å². The summed E-state index contributed by atoms with van der Waals surface area (Å²) in [7, 11) is 2.11. The molecule has 0 amide bonds. The van der Waals surface area contributed by atoms with Gasteiger partial charge in [-0.2, -0.15) is 0 Å². The van der Waals surface area contributed by atoms with Gasteiger partial charge in [0.15, 0.2) is 0 Å². The van der Waals surface area contributed by atoms with E-state index < -0.39 is 0 Å². The summed E-state index contributed by atoms with van der Waals surface area (Å²) < 4.78 is 0. The van der Waals surface area contributed by atoms with E-state index in [9.17, 15) is 0 Å². The highest BCUT2D eigenvalue weighted by Gasteiger charge is 2.29. The highest BCUT2D eigenvalue weighted by atomic mass is 32.2. The van der Waals surface area contributed by atoms with Crippen LogP contribution in [-0.4, -0.2) is 23.3 Å². The number of para-hydroxylation sites is 1. The summed E-state index contributed by atoms with van der Waals surface area (Å²) in [5.74, 6) is 0.904. The number of hydrogen-bond acceptors (Lipinski definition) is 2.